The Bertz CT molecular complexity index is 330. The summed E-state index contributed by atoms with van der Waals surface area (Å²) < 4.78 is 0. The molecule has 0 aromatic heterocycles. The Labute approximate surface area is 97.8 Å². The van der Waals surface area contributed by atoms with Crippen molar-refractivity contribution in [1.29, 1.82) is 0 Å². The quantitative estimate of drug-likeness (QED) is 0.813. The highest BCUT2D eigenvalue weighted by atomic mass is 15.2. The van der Waals surface area contributed by atoms with Gasteiger partial charge in [0.05, 0.1) is 0 Å². The predicted octanol–water partition coefficient (Wildman–Crippen LogP) is 1.92. The molecule has 0 aliphatic carbocycles. The minimum Gasteiger partial charge on any atom is -0.383 e. The standard InChI is InChI=1S/C13H21N3/c1-11(2)15-12-4-3-5-13(10-12)16-8-6-14-7-9-16/h3-5,10-11,14-15H,6-9H2,1-2H3. The van der Waals surface area contributed by atoms with Crippen LogP contribution >= 0.6 is 0 Å². The summed E-state index contributed by atoms with van der Waals surface area (Å²) in [5.74, 6) is 0. The number of anilines is 2. The molecule has 2 N–H and O–H groups in total. The van der Waals surface area contributed by atoms with E-state index in [2.05, 4.69) is 53.6 Å². The van der Waals surface area contributed by atoms with Gasteiger partial charge in [-0.25, -0.2) is 0 Å². The zero-order valence-corrected chi connectivity index (χ0v) is 10.2. The van der Waals surface area contributed by atoms with Gasteiger partial charge in [-0.05, 0) is 32.0 Å². The van der Waals surface area contributed by atoms with Crippen molar-refractivity contribution in [2.75, 3.05) is 36.4 Å². The van der Waals surface area contributed by atoms with E-state index in [1.807, 2.05) is 0 Å². The lowest BCUT2D eigenvalue weighted by atomic mass is 10.2. The highest BCUT2D eigenvalue weighted by Gasteiger charge is 2.10. The Kier molecular flexibility index (Phi) is 3.67. The number of benzene rings is 1. The minimum absolute atomic E-state index is 0.485. The Balaban J connectivity index is 2.08. The molecule has 0 unspecified atom stereocenters. The van der Waals surface area contributed by atoms with Gasteiger partial charge in [0, 0.05) is 43.6 Å². The fourth-order valence-electron chi connectivity index (χ4n) is 2.05. The van der Waals surface area contributed by atoms with Gasteiger partial charge in [0.1, 0.15) is 0 Å². The van der Waals surface area contributed by atoms with Gasteiger partial charge in [-0.2, -0.15) is 0 Å². The summed E-state index contributed by atoms with van der Waals surface area (Å²) in [5.41, 5.74) is 2.54. The highest BCUT2D eigenvalue weighted by molar-refractivity contribution is 5.58. The first kappa shape index (κ1) is 11.3. The molecule has 0 bridgehead atoms. The lowest BCUT2D eigenvalue weighted by molar-refractivity contribution is 0.589. The zero-order valence-electron chi connectivity index (χ0n) is 10.2. The van der Waals surface area contributed by atoms with Gasteiger partial charge >= 0.3 is 0 Å². The normalized spacial score (nSPS) is 16.6. The Morgan fingerprint density at radius 3 is 2.69 bits per heavy atom. The number of piperazine rings is 1. The molecular formula is C13H21N3. The first-order valence-electron chi connectivity index (χ1n) is 6.08. The average molecular weight is 219 g/mol. The van der Waals surface area contributed by atoms with Gasteiger partial charge in [-0.1, -0.05) is 6.07 Å². The van der Waals surface area contributed by atoms with Crippen molar-refractivity contribution in [3.05, 3.63) is 24.3 Å². The van der Waals surface area contributed by atoms with E-state index in [9.17, 15) is 0 Å². The molecule has 1 fully saturated rings. The van der Waals surface area contributed by atoms with E-state index >= 15 is 0 Å². The minimum atomic E-state index is 0.485. The van der Waals surface area contributed by atoms with Gasteiger partial charge in [0.15, 0.2) is 0 Å². The smallest absolute Gasteiger partial charge is 0.0387 e. The summed E-state index contributed by atoms with van der Waals surface area (Å²) in [4.78, 5) is 2.43. The molecule has 3 nitrogen and oxygen atoms in total. The summed E-state index contributed by atoms with van der Waals surface area (Å²) in [6, 6.07) is 9.17. The van der Waals surface area contributed by atoms with Crippen LogP contribution in [-0.2, 0) is 0 Å². The van der Waals surface area contributed by atoms with Crippen molar-refractivity contribution in [1.82, 2.24) is 5.32 Å². The van der Waals surface area contributed by atoms with Crippen molar-refractivity contribution in [2.24, 2.45) is 0 Å². The molecule has 0 saturated carbocycles. The van der Waals surface area contributed by atoms with Crippen molar-refractivity contribution < 1.29 is 0 Å². The molecule has 1 aromatic rings. The summed E-state index contributed by atoms with van der Waals surface area (Å²) >= 11 is 0. The van der Waals surface area contributed by atoms with Gasteiger partial charge < -0.3 is 15.5 Å². The van der Waals surface area contributed by atoms with Crippen LogP contribution < -0.4 is 15.5 Å². The second kappa shape index (κ2) is 5.21. The third-order valence-corrected chi connectivity index (χ3v) is 2.78. The fraction of sp³-hybridized carbons (Fsp3) is 0.538. The van der Waals surface area contributed by atoms with E-state index in [4.69, 9.17) is 0 Å². The maximum Gasteiger partial charge on any atom is 0.0387 e. The fourth-order valence-corrected chi connectivity index (χ4v) is 2.05. The van der Waals surface area contributed by atoms with Crippen LogP contribution in [0.4, 0.5) is 11.4 Å². The molecule has 0 amide bonds. The predicted molar refractivity (Wildman–Crippen MR) is 70.3 cm³/mol. The number of hydrogen-bond donors (Lipinski definition) is 2. The summed E-state index contributed by atoms with van der Waals surface area (Å²) in [7, 11) is 0. The van der Waals surface area contributed by atoms with E-state index < -0.39 is 0 Å². The van der Waals surface area contributed by atoms with Crippen LogP contribution in [0.5, 0.6) is 0 Å². The highest BCUT2D eigenvalue weighted by Crippen LogP contribution is 2.20. The van der Waals surface area contributed by atoms with Gasteiger partial charge in [-0.15, -0.1) is 0 Å². The third kappa shape index (κ3) is 2.89. The van der Waals surface area contributed by atoms with Crippen LogP contribution in [0.25, 0.3) is 0 Å². The second-order valence-corrected chi connectivity index (χ2v) is 4.59. The van der Waals surface area contributed by atoms with Crippen LogP contribution in [-0.4, -0.2) is 32.2 Å². The molecule has 0 atom stereocenters. The molecule has 1 aliphatic rings. The largest absolute Gasteiger partial charge is 0.383 e. The van der Waals surface area contributed by atoms with Crippen molar-refractivity contribution in [3.8, 4) is 0 Å². The molecule has 0 spiro atoms. The molecule has 2 rings (SSSR count). The van der Waals surface area contributed by atoms with E-state index in [1.165, 1.54) is 11.4 Å². The topological polar surface area (TPSA) is 27.3 Å². The Hall–Kier alpha value is -1.22. The number of rotatable bonds is 3. The number of hydrogen-bond acceptors (Lipinski definition) is 3. The lowest BCUT2D eigenvalue weighted by Crippen LogP contribution is -2.43. The van der Waals surface area contributed by atoms with Crippen LogP contribution in [0.15, 0.2) is 24.3 Å². The van der Waals surface area contributed by atoms with Crippen LogP contribution in [0.1, 0.15) is 13.8 Å². The number of nitrogens with one attached hydrogen (secondary N) is 2. The van der Waals surface area contributed by atoms with Gasteiger partial charge in [0.2, 0.25) is 0 Å². The summed E-state index contributed by atoms with van der Waals surface area (Å²) in [5, 5.41) is 6.82. The number of nitrogens with zero attached hydrogens (tertiary/aromatic N) is 1. The lowest BCUT2D eigenvalue weighted by Gasteiger charge is -2.29. The maximum absolute atomic E-state index is 3.44. The van der Waals surface area contributed by atoms with Crippen LogP contribution in [0.2, 0.25) is 0 Å². The first-order chi connectivity index (χ1) is 7.75. The Morgan fingerprint density at radius 1 is 1.25 bits per heavy atom. The molecular weight excluding hydrogens is 198 g/mol. The van der Waals surface area contributed by atoms with E-state index in [0.717, 1.165) is 26.2 Å². The molecule has 3 heteroatoms. The zero-order chi connectivity index (χ0) is 11.4. The molecule has 1 heterocycles. The SMILES string of the molecule is CC(C)Nc1cccc(N2CCNCC2)c1. The van der Waals surface area contributed by atoms with Crippen LogP contribution in [0, 0.1) is 0 Å². The van der Waals surface area contributed by atoms with E-state index in [-0.39, 0.29) is 0 Å². The molecule has 1 aliphatic heterocycles. The van der Waals surface area contributed by atoms with E-state index in [0.29, 0.717) is 6.04 Å². The molecule has 16 heavy (non-hydrogen) atoms. The second-order valence-electron chi connectivity index (χ2n) is 4.59. The molecule has 1 aromatic carbocycles. The average Bonchev–Trinajstić information content (AvgIpc) is 2.30. The van der Waals surface area contributed by atoms with Crippen molar-refractivity contribution in [2.45, 2.75) is 19.9 Å². The van der Waals surface area contributed by atoms with Gasteiger partial charge in [-0.3, -0.25) is 0 Å². The first-order valence-corrected chi connectivity index (χ1v) is 6.08. The maximum atomic E-state index is 3.44. The summed E-state index contributed by atoms with van der Waals surface area (Å²) in [6.07, 6.45) is 0. The molecule has 0 radical (unpaired) electrons. The molecule has 88 valence electrons. The van der Waals surface area contributed by atoms with E-state index in [1.54, 1.807) is 0 Å². The molecule has 1 saturated heterocycles. The Morgan fingerprint density at radius 2 is 2.00 bits per heavy atom. The van der Waals surface area contributed by atoms with Gasteiger partial charge in [0.25, 0.3) is 0 Å². The summed E-state index contributed by atoms with van der Waals surface area (Å²) in [6.45, 7) is 8.70. The third-order valence-electron chi connectivity index (χ3n) is 2.78. The van der Waals surface area contributed by atoms with Crippen molar-refractivity contribution in [3.63, 3.8) is 0 Å². The monoisotopic (exact) mass is 219 g/mol. The van der Waals surface area contributed by atoms with Crippen LogP contribution in [0.3, 0.4) is 0 Å². The van der Waals surface area contributed by atoms with Crippen molar-refractivity contribution >= 4 is 11.4 Å².